The Morgan fingerprint density at radius 2 is 1.61 bits per heavy atom. The van der Waals surface area contributed by atoms with Crippen LogP contribution in [0.4, 0.5) is 32.0 Å². The van der Waals surface area contributed by atoms with E-state index in [2.05, 4.69) is 0 Å². The number of anilines is 1. The number of Topliss-reactive ketones (excluding diaryl/α,β-unsaturated/α-hetero) is 1. The van der Waals surface area contributed by atoms with Gasteiger partial charge in [-0.25, -0.2) is 0 Å². The minimum atomic E-state index is -5.57. The largest absolute Gasteiger partial charge is 0.454 e. The van der Waals surface area contributed by atoms with Crippen LogP contribution < -0.4 is 4.90 Å². The number of rotatable bonds is 4. The number of benzene rings is 1. The van der Waals surface area contributed by atoms with Gasteiger partial charge in [-0.15, -0.1) is 0 Å². The Hall–Kier alpha value is -2.49. The number of hydrogen-bond acceptors (Lipinski definition) is 4. The van der Waals surface area contributed by atoms with Gasteiger partial charge in [0.25, 0.3) is 11.5 Å². The lowest BCUT2D eigenvalue weighted by atomic mass is 9.91. The van der Waals surface area contributed by atoms with E-state index in [1.54, 1.807) is 31.1 Å². The fourth-order valence-corrected chi connectivity index (χ4v) is 2.82. The van der Waals surface area contributed by atoms with Crippen molar-refractivity contribution in [3.63, 3.8) is 0 Å². The Balaban J connectivity index is 2.51. The van der Waals surface area contributed by atoms with E-state index in [1.165, 1.54) is 19.1 Å². The average molecular weight is 408 g/mol. The van der Waals surface area contributed by atoms with Crippen molar-refractivity contribution in [3.8, 4) is 0 Å². The normalized spacial score (nSPS) is 20.6. The van der Waals surface area contributed by atoms with E-state index in [-0.39, 0.29) is 5.70 Å². The van der Waals surface area contributed by atoms with Crippen molar-refractivity contribution >= 4 is 11.5 Å². The van der Waals surface area contributed by atoms with Crippen molar-refractivity contribution in [1.29, 1.82) is 0 Å². The lowest BCUT2D eigenvalue weighted by molar-refractivity contribution is -0.295. The second-order valence-corrected chi connectivity index (χ2v) is 6.53. The van der Waals surface area contributed by atoms with E-state index in [0.717, 1.165) is 11.8 Å². The van der Waals surface area contributed by atoms with Crippen LogP contribution in [0.25, 0.3) is 0 Å². The number of allylic oxidation sites excluding steroid dienone is 3. The topological polar surface area (TPSA) is 43.8 Å². The van der Waals surface area contributed by atoms with Crippen LogP contribution in [0.3, 0.4) is 0 Å². The molecule has 0 radical (unpaired) electrons. The van der Waals surface area contributed by atoms with Gasteiger partial charge in [-0.2, -0.15) is 26.3 Å². The predicted molar refractivity (Wildman–Crippen MR) is 90.2 cm³/mol. The summed E-state index contributed by atoms with van der Waals surface area (Å²) < 4.78 is 79.7. The van der Waals surface area contributed by atoms with Gasteiger partial charge >= 0.3 is 12.4 Å². The molecule has 4 nitrogen and oxygen atoms in total. The number of carbonyl (C=O) groups excluding carboxylic acids is 1. The van der Waals surface area contributed by atoms with Crippen LogP contribution in [0, 0.1) is 0 Å². The van der Waals surface area contributed by atoms with Crippen LogP contribution in [-0.2, 0) is 11.3 Å². The van der Waals surface area contributed by atoms with Crippen LogP contribution in [0.15, 0.2) is 47.7 Å². The lowest BCUT2D eigenvalue weighted by Gasteiger charge is -2.45. The molecule has 0 saturated heterocycles. The summed E-state index contributed by atoms with van der Waals surface area (Å²) in [6.07, 6.45) is -9.82. The molecule has 1 unspecified atom stereocenters. The molecule has 2 rings (SSSR count). The van der Waals surface area contributed by atoms with Gasteiger partial charge in [0.15, 0.2) is 0 Å². The maximum Gasteiger partial charge on any atom is 0.454 e. The number of nitrogens with zero attached hydrogens (tertiary/aromatic N) is 2. The fourth-order valence-electron chi connectivity index (χ4n) is 2.82. The molecule has 0 spiro atoms. The molecule has 0 amide bonds. The zero-order valence-electron chi connectivity index (χ0n) is 15.2. The highest BCUT2D eigenvalue weighted by Crippen LogP contribution is 2.45. The van der Waals surface area contributed by atoms with E-state index in [1.807, 2.05) is 0 Å². The maximum absolute atomic E-state index is 13.7. The monoisotopic (exact) mass is 408 g/mol. The summed E-state index contributed by atoms with van der Waals surface area (Å²) in [6.45, 7) is 0.644. The zero-order chi connectivity index (χ0) is 21.5. The Kier molecular flexibility index (Phi) is 5.57. The fraction of sp³-hybridized carbons (Fsp3) is 0.389. The average Bonchev–Trinajstić information content (AvgIpc) is 2.56. The minimum Gasteiger partial charge on any atom is -0.378 e. The molecule has 154 valence electrons. The summed E-state index contributed by atoms with van der Waals surface area (Å²) in [5, 5.41) is 10.4. The van der Waals surface area contributed by atoms with E-state index in [9.17, 15) is 36.2 Å². The molecule has 1 N–H and O–H groups in total. The van der Waals surface area contributed by atoms with Gasteiger partial charge in [-0.3, -0.25) is 4.79 Å². The maximum atomic E-state index is 13.7. The molecule has 1 aromatic rings. The van der Waals surface area contributed by atoms with E-state index < -0.39 is 36.0 Å². The second kappa shape index (κ2) is 7.16. The molecule has 1 aliphatic heterocycles. The highest BCUT2D eigenvalue weighted by atomic mass is 19.4. The highest BCUT2D eigenvalue weighted by molar-refractivity contribution is 6.02. The lowest BCUT2D eigenvalue weighted by Crippen LogP contribution is -2.62. The van der Waals surface area contributed by atoms with Gasteiger partial charge in [0.2, 0.25) is 0 Å². The first kappa shape index (κ1) is 21.8. The van der Waals surface area contributed by atoms with Gasteiger partial charge in [0.05, 0.1) is 5.57 Å². The smallest absolute Gasteiger partial charge is 0.378 e. The summed E-state index contributed by atoms with van der Waals surface area (Å²) in [4.78, 5) is 13.7. The van der Waals surface area contributed by atoms with Crippen molar-refractivity contribution in [2.24, 2.45) is 0 Å². The molecule has 10 heteroatoms. The van der Waals surface area contributed by atoms with Crippen molar-refractivity contribution in [1.82, 2.24) is 4.90 Å². The number of carbonyl (C=O) groups is 1. The van der Waals surface area contributed by atoms with Crippen molar-refractivity contribution in [2.75, 3.05) is 19.0 Å². The van der Waals surface area contributed by atoms with Crippen LogP contribution in [0.5, 0.6) is 0 Å². The molecule has 0 aliphatic carbocycles. The van der Waals surface area contributed by atoms with Crippen molar-refractivity contribution in [2.45, 2.75) is 31.5 Å². The van der Waals surface area contributed by atoms with Crippen LogP contribution >= 0.6 is 0 Å². The molecule has 1 heterocycles. The quantitative estimate of drug-likeness (QED) is 0.771. The van der Waals surface area contributed by atoms with Crippen LogP contribution in [0.2, 0.25) is 0 Å². The zero-order valence-corrected chi connectivity index (χ0v) is 15.2. The molecular formula is C18H18F6N2O2. The molecule has 0 fully saturated rings. The molecule has 0 saturated carbocycles. The summed E-state index contributed by atoms with van der Waals surface area (Å²) >= 11 is 0. The Morgan fingerprint density at radius 1 is 1.07 bits per heavy atom. The van der Waals surface area contributed by atoms with E-state index in [0.29, 0.717) is 16.5 Å². The van der Waals surface area contributed by atoms with Gasteiger partial charge in [0, 0.05) is 32.0 Å². The third-order valence-electron chi connectivity index (χ3n) is 4.37. The Labute approximate surface area is 157 Å². The standard InChI is InChI=1S/C18H18F6N2O2/c1-11-4-9-14(15(27)17(19,20)21)16(28,18(22,23)24)26(11)10-12-5-7-13(8-6-12)25(2)3/h4-9,28H,10H2,1-3H3. The molecule has 0 bridgehead atoms. The third kappa shape index (κ3) is 3.87. The van der Waals surface area contributed by atoms with E-state index in [4.69, 9.17) is 0 Å². The van der Waals surface area contributed by atoms with Crippen LogP contribution in [0.1, 0.15) is 12.5 Å². The summed E-state index contributed by atoms with van der Waals surface area (Å²) in [5.74, 6) is -2.75. The second-order valence-electron chi connectivity index (χ2n) is 6.53. The first-order valence-electron chi connectivity index (χ1n) is 8.03. The Morgan fingerprint density at radius 3 is 2.04 bits per heavy atom. The molecule has 0 aromatic heterocycles. The van der Waals surface area contributed by atoms with Gasteiger partial charge in [-0.1, -0.05) is 12.1 Å². The SMILES string of the molecule is CC1=CC=C(C(=O)C(F)(F)F)C(O)(C(F)(F)F)N1Cc1ccc(N(C)C)cc1. The number of ketones is 1. The van der Waals surface area contributed by atoms with E-state index >= 15 is 0 Å². The first-order chi connectivity index (χ1) is 12.7. The molecular weight excluding hydrogens is 390 g/mol. The van der Waals surface area contributed by atoms with Gasteiger partial charge < -0.3 is 14.9 Å². The summed E-state index contributed by atoms with van der Waals surface area (Å²) in [5.41, 5.74) is -4.98. The number of hydrogen-bond donors (Lipinski definition) is 1. The third-order valence-corrected chi connectivity index (χ3v) is 4.37. The van der Waals surface area contributed by atoms with Crippen LogP contribution in [-0.4, -0.2) is 48.0 Å². The Bertz CT molecular complexity index is 809. The van der Waals surface area contributed by atoms with Gasteiger partial charge in [0.1, 0.15) is 0 Å². The number of halogens is 6. The molecule has 1 atom stereocenters. The predicted octanol–water partition coefficient (Wildman–Crippen LogP) is 3.78. The van der Waals surface area contributed by atoms with Gasteiger partial charge in [-0.05, 0) is 36.8 Å². The number of aliphatic hydroxyl groups is 1. The first-order valence-corrected chi connectivity index (χ1v) is 8.03. The summed E-state index contributed by atoms with van der Waals surface area (Å²) in [7, 11) is 3.52. The van der Waals surface area contributed by atoms with Crippen molar-refractivity contribution in [3.05, 3.63) is 53.3 Å². The highest BCUT2D eigenvalue weighted by Gasteiger charge is 2.65. The molecule has 28 heavy (non-hydrogen) atoms. The molecule has 1 aromatic carbocycles. The minimum absolute atomic E-state index is 0.143. The molecule has 1 aliphatic rings. The summed E-state index contributed by atoms with van der Waals surface area (Å²) in [6, 6.07) is 6.21. The number of alkyl halides is 6. The van der Waals surface area contributed by atoms with Crippen molar-refractivity contribution < 1.29 is 36.2 Å².